The van der Waals surface area contributed by atoms with Crippen molar-refractivity contribution in [1.29, 1.82) is 0 Å². The molecule has 25 heavy (non-hydrogen) atoms. The molecule has 0 radical (unpaired) electrons. The first-order valence-electron chi connectivity index (χ1n) is 8.70. The number of aryl methyl sites for hydroxylation is 2. The zero-order valence-corrected chi connectivity index (χ0v) is 15.0. The fraction of sp³-hybridized carbons (Fsp3) is 0.500. The minimum absolute atomic E-state index is 0.00227. The molecule has 2 aromatic heterocycles. The van der Waals surface area contributed by atoms with Crippen molar-refractivity contribution in [2.24, 2.45) is 5.92 Å². The number of hydrogen-bond acceptors (Lipinski definition) is 3. The predicted octanol–water partition coefficient (Wildman–Crippen LogP) is 1.42. The first-order valence-corrected chi connectivity index (χ1v) is 8.70. The number of nitrogens with zero attached hydrogens (tertiary/aromatic N) is 4. The highest BCUT2D eigenvalue weighted by Gasteiger charge is 2.28. The van der Waals surface area contributed by atoms with Gasteiger partial charge in [-0.15, -0.1) is 0 Å². The number of carbonyl (C=O) groups excluding carboxylic acids is 2. The average molecular weight is 343 g/mol. The fourth-order valence-corrected chi connectivity index (χ4v) is 3.45. The first-order chi connectivity index (χ1) is 12.0. The van der Waals surface area contributed by atoms with Crippen molar-refractivity contribution in [2.45, 2.75) is 39.9 Å². The number of aromatic nitrogens is 3. The van der Waals surface area contributed by atoms with E-state index in [4.69, 9.17) is 0 Å². The van der Waals surface area contributed by atoms with Crippen LogP contribution in [0.3, 0.4) is 0 Å². The molecular formula is C18H25N5O2. The van der Waals surface area contributed by atoms with Crippen LogP contribution in [0.5, 0.6) is 0 Å². The summed E-state index contributed by atoms with van der Waals surface area (Å²) in [7, 11) is 1.64. The van der Waals surface area contributed by atoms with Gasteiger partial charge in [0.05, 0.1) is 12.2 Å². The SMILES string of the molecule is CCn1nc(C)cc1C(=O)N1Cc2cccn2C[C@@H](CC(=O)NC)C1. The Labute approximate surface area is 147 Å². The molecule has 0 saturated heterocycles. The molecule has 7 nitrogen and oxygen atoms in total. The van der Waals surface area contributed by atoms with Gasteiger partial charge in [0.2, 0.25) is 5.91 Å². The summed E-state index contributed by atoms with van der Waals surface area (Å²) >= 11 is 0. The monoisotopic (exact) mass is 343 g/mol. The molecule has 134 valence electrons. The maximum absolute atomic E-state index is 13.1. The molecule has 3 rings (SSSR count). The molecule has 1 aliphatic rings. The molecule has 0 bridgehead atoms. The van der Waals surface area contributed by atoms with E-state index in [1.807, 2.05) is 43.1 Å². The summed E-state index contributed by atoms with van der Waals surface area (Å²) in [5.74, 6) is 0.0538. The molecule has 0 aliphatic carbocycles. The molecule has 2 aromatic rings. The summed E-state index contributed by atoms with van der Waals surface area (Å²) in [6, 6.07) is 5.86. The van der Waals surface area contributed by atoms with Crippen molar-refractivity contribution in [3.8, 4) is 0 Å². The van der Waals surface area contributed by atoms with E-state index >= 15 is 0 Å². The van der Waals surface area contributed by atoms with Gasteiger partial charge in [-0.2, -0.15) is 5.10 Å². The zero-order chi connectivity index (χ0) is 18.0. The van der Waals surface area contributed by atoms with Crippen molar-refractivity contribution in [3.05, 3.63) is 41.5 Å². The number of hydrogen-bond donors (Lipinski definition) is 1. The van der Waals surface area contributed by atoms with E-state index in [1.54, 1.807) is 11.7 Å². The molecular weight excluding hydrogens is 318 g/mol. The Morgan fingerprint density at radius 3 is 2.88 bits per heavy atom. The van der Waals surface area contributed by atoms with Gasteiger partial charge >= 0.3 is 0 Å². The second kappa shape index (κ2) is 7.13. The van der Waals surface area contributed by atoms with Crippen molar-refractivity contribution in [1.82, 2.24) is 24.6 Å². The maximum Gasteiger partial charge on any atom is 0.272 e. The van der Waals surface area contributed by atoms with Crippen molar-refractivity contribution >= 4 is 11.8 Å². The van der Waals surface area contributed by atoms with Crippen molar-refractivity contribution < 1.29 is 9.59 Å². The Balaban J connectivity index is 1.88. The minimum atomic E-state index is -0.0287. The number of fused-ring (bicyclic) bond motifs is 1. The number of rotatable bonds is 4. The Bertz CT molecular complexity index is 776. The second-order valence-electron chi connectivity index (χ2n) is 6.57. The van der Waals surface area contributed by atoms with Gasteiger partial charge in [-0.1, -0.05) is 0 Å². The van der Waals surface area contributed by atoms with Crippen LogP contribution in [0.2, 0.25) is 0 Å². The average Bonchev–Trinajstić information content (AvgIpc) is 3.15. The van der Waals surface area contributed by atoms with Crippen LogP contribution in [0, 0.1) is 12.8 Å². The van der Waals surface area contributed by atoms with Gasteiger partial charge in [-0.3, -0.25) is 14.3 Å². The first kappa shape index (κ1) is 17.3. The highest BCUT2D eigenvalue weighted by molar-refractivity contribution is 5.92. The molecule has 0 saturated carbocycles. The standard InChI is InChI=1S/C18H25N5O2/c1-4-23-16(8-13(2)20-23)18(25)22-11-14(9-17(24)19-3)10-21-7-5-6-15(21)12-22/h5-8,14H,4,9-12H2,1-3H3,(H,19,24)/t14-/m1/s1. The third-order valence-electron chi connectivity index (χ3n) is 4.67. The smallest absolute Gasteiger partial charge is 0.272 e. The van der Waals surface area contributed by atoms with Gasteiger partial charge < -0.3 is 14.8 Å². The van der Waals surface area contributed by atoms with Crippen LogP contribution in [0.1, 0.15) is 35.2 Å². The Morgan fingerprint density at radius 2 is 2.16 bits per heavy atom. The molecule has 1 atom stereocenters. The fourth-order valence-electron chi connectivity index (χ4n) is 3.45. The van der Waals surface area contributed by atoms with Crippen molar-refractivity contribution in [2.75, 3.05) is 13.6 Å². The quantitative estimate of drug-likeness (QED) is 0.913. The molecule has 0 spiro atoms. The van der Waals surface area contributed by atoms with E-state index in [-0.39, 0.29) is 17.7 Å². The molecule has 1 aliphatic heterocycles. The highest BCUT2D eigenvalue weighted by Crippen LogP contribution is 2.21. The largest absolute Gasteiger partial charge is 0.359 e. The lowest BCUT2D eigenvalue weighted by Crippen LogP contribution is -2.36. The summed E-state index contributed by atoms with van der Waals surface area (Å²) in [5, 5.41) is 7.07. The highest BCUT2D eigenvalue weighted by atomic mass is 16.2. The van der Waals surface area contributed by atoms with Gasteiger partial charge in [0, 0.05) is 50.9 Å². The molecule has 7 heteroatoms. The Hall–Kier alpha value is -2.57. The van der Waals surface area contributed by atoms with Crippen LogP contribution in [-0.4, -0.2) is 44.7 Å². The summed E-state index contributed by atoms with van der Waals surface area (Å²) in [6.07, 6.45) is 2.42. The predicted molar refractivity (Wildman–Crippen MR) is 94.0 cm³/mol. The van der Waals surface area contributed by atoms with E-state index < -0.39 is 0 Å². The van der Waals surface area contributed by atoms with Crippen LogP contribution in [0.25, 0.3) is 0 Å². The molecule has 1 N–H and O–H groups in total. The van der Waals surface area contributed by atoms with Gasteiger partial charge in [0.25, 0.3) is 5.91 Å². The van der Waals surface area contributed by atoms with E-state index in [1.165, 1.54) is 0 Å². The van der Waals surface area contributed by atoms with Crippen LogP contribution in [0.15, 0.2) is 24.4 Å². The number of carbonyl (C=O) groups is 2. The van der Waals surface area contributed by atoms with Crippen LogP contribution >= 0.6 is 0 Å². The third-order valence-corrected chi connectivity index (χ3v) is 4.67. The van der Waals surface area contributed by atoms with Crippen LogP contribution in [-0.2, 0) is 24.4 Å². The summed E-state index contributed by atoms with van der Waals surface area (Å²) < 4.78 is 3.89. The topological polar surface area (TPSA) is 72.2 Å². The van der Waals surface area contributed by atoms with Crippen molar-refractivity contribution in [3.63, 3.8) is 0 Å². The van der Waals surface area contributed by atoms with Gasteiger partial charge in [-0.25, -0.2) is 0 Å². The zero-order valence-electron chi connectivity index (χ0n) is 15.0. The van der Waals surface area contributed by atoms with E-state index in [0.717, 1.165) is 17.9 Å². The Kier molecular flexibility index (Phi) is 4.92. The van der Waals surface area contributed by atoms with Crippen LogP contribution in [0.4, 0.5) is 0 Å². The Morgan fingerprint density at radius 1 is 1.36 bits per heavy atom. The normalized spacial score (nSPS) is 17.1. The third kappa shape index (κ3) is 3.60. The molecule has 0 fully saturated rings. The van der Waals surface area contributed by atoms with Crippen LogP contribution < -0.4 is 5.32 Å². The van der Waals surface area contributed by atoms with Gasteiger partial charge in [0.15, 0.2) is 0 Å². The number of nitrogens with one attached hydrogen (secondary N) is 1. The van der Waals surface area contributed by atoms with E-state index in [0.29, 0.717) is 31.7 Å². The maximum atomic E-state index is 13.1. The summed E-state index contributed by atoms with van der Waals surface area (Å²) in [5.41, 5.74) is 2.54. The lowest BCUT2D eigenvalue weighted by atomic mass is 10.0. The lowest BCUT2D eigenvalue weighted by molar-refractivity contribution is -0.121. The van der Waals surface area contributed by atoms with Gasteiger partial charge in [0.1, 0.15) is 5.69 Å². The lowest BCUT2D eigenvalue weighted by Gasteiger charge is -2.24. The molecule has 3 heterocycles. The summed E-state index contributed by atoms with van der Waals surface area (Å²) in [4.78, 5) is 26.8. The van der Waals surface area contributed by atoms with Gasteiger partial charge in [-0.05, 0) is 32.0 Å². The molecule has 2 amide bonds. The summed E-state index contributed by atoms with van der Waals surface area (Å²) in [6.45, 7) is 6.37. The van der Waals surface area contributed by atoms with E-state index in [9.17, 15) is 9.59 Å². The van der Waals surface area contributed by atoms with E-state index in [2.05, 4.69) is 15.0 Å². The number of amides is 2. The second-order valence-corrected chi connectivity index (χ2v) is 6.57. The molecule has 0 unspecified atom stereocenters. The minimum Gasteiger partial charge on any atom is -0.359 e. The molecule has 0 aromatic carbocycles.